The van der Waals surface area contributed by atoms with E-state index >= 15 is 0 Å². The average molecular weight is 326 g/mol. The third kappa shape index (κ3) is 3.35. The van der Waals surface area contributed by atoms with Crippen LogP contribution in [0.25, 0.3) is 0 Å². The van der Waals surface area contributed by atoms with E-state index in [0.29, 0.717) is 23.7 Å². The van der Waals surface area contributed by atoms with Gasteiger partial charge in [0, 0.05) is 18.1 Å². The van der Waals surface area contributed by atoms with Crippen molar-refractivity contribution in [3.05, 3.63) is 29.3 Å². The predicted octanol–water partition coefficient (Wildman–Crippen LogP) is 2.68. The van der Waals surface area contributed by atoms with Gasteiger partial charge in [-0.1, -0.05) is 31.5 Å². The van der Waals surface area contributed by atoms with Crippen LogP contribution in [0.4, 0.5) is 0 Å². The number of nitrogens with zero attached hydrogens (tertiary/aromatic N) is 1. The molecule has 0 bridgehead atoms. The number of carboxylic acids is 1. The summed E-state index contributed by atoms with van der Waals surface area (Å²) in [4.78, 5) is 25.3. The van der Waals surface area contributed by atoms with E-state index in [0.717, 1.165) is 0 Å². The molecule has 120 valence electrons. The van der Waals surface area contributed by atoms with Crippen LogP contribution in [-0.2, 0) is 9.59 Å². The van der Waals surface area contributed by atoms with Crippen molar-refractivity contribution in [2.45, 2.75) is 20.3 Å². The Morgan fingerprint density at radius 3 is 2.73 bits per heavy atom. The number of carbonyl (C=O) groups is 2. The molecule has 1 aliphatic heterocycles. The number of hydrogen-bond acceptors (Lipinski definition) is 3. The topological polar surface area (TPSA) is 66.8 Å². The lowest BCUT2D eigenvalue weighted by atomic mass is 9.76. The molecule has 5 nitrogen and oxygen atoms in total. The van der Waals surface area contributed by atoms with E-state index in [-0.39, 0.29) is 25.0 Å². The van der Waals surface area contributed by atoms with Gasteiger partial charge in [0.05, 0.1) is 5.41 Å². The Kier molecular flexibility index (Phi) is 4.96. The highest BCUT2D eigenvalue weighted by molar-refractivity contribution is 6.30. The fourth-order valence-electron chi connectivity index (χ4n) is 2.73. The van der Waals surface area contributed by atoms with Gasteiger partial charge in [-0.25, -0.2) is 0 Å². The average Bonchev–Trinajstić information content (AvgIpc) is 2.91. The van der Waals surface area contributed by atoms with Gasteiger partial charge in [-0.2, -0.15) is 0 Å². The minimum absolute atomic E-state index is 0.0309. The predicted molar refractivity (Wildman–Crippen MR) is 83.1 cm³/mol. The summed E-state index contributed by atoms with van der Waals surface area (Å²) < 4.78 is 5.43. The van der Waals surface area contributed by atoms with Crippen molar-refractivity contribution >= 4 is 23.5 Å². The summed E-state index contributed by atoms with van der Waals surface area (Å²) in [6.07, 6.45) is 0.475. The van der Waals surface area contributed by atoms with Gasteiger partial charge in [0.25, 0.3) is 5.91 Å². The number of benzene rings is 1. The molecule has 1 atom stereocenters. The summed E-state index contributed by atoms with van der Waals surface area (Å²) in [5, 5.41) is 10.0. The molecule has 1 fully saturated rings. The quantitative estimate of drug-likeness (QED) is 0.903. The number of carboxylic acid groups (broad SMARTS) is 1. The first-order valence-electron chi connectivity index (χ1n) is 7.25. The highest BCUT2D eigenvalue weighted by Gasteiger charge is 2.48. The van der Waals surface area contributed by atoms with Gasteiger partial charge in [0.2, 0.25) is 0 Å². The molecule has 0 spiro atoms. The number of aliphatic carboxylic acids is 1. The van der Waals surface area contributed by atoms with Crippen LogP contribution in [0.2, 0.25) is 5.02 Å². The second-order valence-corrected chi connectivity index (χ2v) is 6.36. The molecule has 1 aromatic rings. The van der Waals surface area contributed by atoms with Crippen molar-refractivity contribution < 1.29 is 19.4 Å². The molecule has 1 heterocycles. The zero-order chi connectivity index (χ0) is 16.3. The second-order valence-electron chi connectivity index (χ2n) is 5.93. The van der Waals surface area contributed by atoms with Crippen molar-refractivity contribution in [3.63, 3.8) is 0 Å². The molecule has 2 rings (SSSR count). The van der Waals surface area contributed by atoms with Crippen LogP contribution in [0.3, 0.4) is 0 Å². The Bertz CT molecular complexity index is 575. The number of hydrogen-bond donors (Lipinski definition) is 1. The molecule has 1 N–H and O–H groups in total. The first-order valence-corrected chi connectivity index (χ1v) is 7.62. The molecule has 1 aliphatic rings. The number of ether oxygens (including phenoxy) is 1. The van der Waals surface area contributed by atoms with E-state index in [1.54, 1.807) is 29.2 Å². The summed E-state index contributed by atoms with van der Waals surface area (Å²) in [7, 11) is 0. The molecule has 0 aromatic heterocycles. The maximum atomic E-state index is 12.2. The number of rotatable bonds is 5. The van der Waals surface area contributed by atoms with Crippen LogP contribution in [0.1, 0.15) is 20.3 Å². The van der Waals surface area contributed by atoms with Crippen molar-refractivity contribution in [2.24, 2.45) is 11.3 Å². The standard InChI is InChI=1S/C16H20ClNO4/c1-11(2)16(15(20)21)6-7-18(10-16)14(19)9-22-13-5-3-4-12(17)8-13/h3-5,8,11H,6-7,9-10H2,1-2H3,(H,20,21). The fraction of sp³-hybridized carbons (Fsp3) is 0.500. The highest BCUT2D eigenvalue weighted by Crippen LogP contribution is 2.38. The third-order valence-corrected chi connectivity index (χ3v) is 4.58. The number of halogens is 1. The number of likely N-dealkylation sites (tertiary alicyclic amines) is 1. The molecule has 0 radical (unpaired) electrons. The lowest BCUT2D eigenvalue weighted by molar-refractivity contribution is -0.151. The van der Waals surface area contributed by atoms with Gasteiger partial charge >= 0.3 is 5.97 Å². The van der Waals surface area contributed by atoms with Crippen molar-refractivity contribution in [1.82, 2.24) is 4.90 Å². The van der Waals surface area contributed by atoms with Crippen LogP contribution in [0.5, 0.6) is 5.75 Å². The van der Waals surface area contributed by atoms with E-state index in [2.05, 4.69) is 0 Å². The SMILES string of the molecule is CC(C)C1(C(=O)O)CCN(C(=O)COc2cccc(Cl)c2)C1. The van der Waals surface area contributed by atoms with E-state index in [1.165, 1.54) is 0 Å². The van der Waals surface area contributed by atoms with E-state index in [1.807, 2.05) is 13.8 Å². The van der Waals surface area contributed by atoms with Crippen LogP contribution in [0.15, 0.2) is 24.3 Å². The van der Waals surface area contributed by atoms with Crippen LogP contribution in [0, 0.1) is 11.3 Å². The van der Waals surface area contributed by atoms with Crippen molar-refractivity contribution in [2.75, 3.05) is 19.7 Å². The van der Waals surface area contributed by atoms with E-state index < -0.39 is 11.4 Å². The summed E-state index contributed by atoms with van der Waals surface area (Å²) in [5.74, 6) is -0.553. The third-order valence-electron chi connectivity index (χ3n) is 4.34. The first kappa shape index (κ1) is 16.6. The summed E-state index contributed by atoms with van der Waals surface area (Å²) in [6.45, 7) is 4.32. The van der Waals surface area contributed by atoms with Gasteiger partial charge < -0.3 is 14.7 Å². The van der Waals surface area contributed by atoms with Crippen LogP contribution < -0.4 is 4.74 Å². The van der Waals surface area contributed by atoms with Gasteiger partial charge in [-0.3, -0.25) is 9.59 Å². The second kappa shape index (κ2) is 6.57. The van der Waals surface area contributed by atoms with Crippen molar-refractivity contribution in [3.8, 4) is 5.75 Å². The molecule has 1 amide bonds. The molecule has 0 saturated carbocycles. The summed E-state index contributed by atoms with van der Waals surface area (Å²) in [6, 6.07) is 6.82. The first-order chi connectivity index (χ1) is 10.3. The van der Waals surface area contributed by atoms with Gasteiger partial charge in [0.1, 0.15) is 5.75 Å². The Morgan fingerprint density at radius 1 is 1.45 bits per heavy atom. The summed E-state index contributed by atoms with van der Waals surface area (Å²) >= 11 is 5.85. The zero-order valence-electron chi connectivity index (χ0n) is 12.7. The molecular weight excluding hydrogens is 306 g/mol. The maximum absolute atomic E-state index is 12.2. The van der Waals surface area contributed by atoms with Gasteiger partial charge in [-0.05, 0) is 30.5 Å². The van der Waals surface area contributed by atoms with Crippen LogP contribution >= 0.6 is 11.6 Å². The Labute approximate surface area is 134 Å². The fourth-order valence-corrected chi connectivity index (χ4v) is 2.91. The number of amides is 1. The van der Waals surface area contributed by atoms with Gasteiger partial charge in [-0.15, -0.1) is 0 Å². The Balaban J connectivity index is 1.96. The molecule has 1 unspecified atom stereocenters. The molecule has 1 aromatic carbocycles. The molecule has 6 heteroatoms. The largest absolute Gasteiger partial charge is 0.484 e. The maximum Gasteiger partial charge on any atom is 0.311 e. The molecule has 1 saturated heterocycles. The molecular formula is C16H20ClNO4. The number of carbonyl (C=O) groups excluding carboxylic acids is 1. The van der Waals surface area contributed by atoms with E-state index in [4.69, 9.17) is 16.3 Å². The molecule has 22 heavy (non-hydrogen) atoms. The highest BCUT2D eigenvalue weighted by atomic mass is 35.5. The van der Waals surface area contributed by atoms with Crippen molar-refractivity contribution in [1.29, 1.82) is 0 Å². The Morgan fingerprint density at radius 2 is 2.18 bits per heavy atom. The smallest absolute Gasteiger partial charge is 0.311 e. The Hall–Kier alpha value is -1.75. The lowest BCUT2D eigenvalue weighted by Gasteiger charge is -2.28. The minimum Gasteiger partial charge on any atom is -0.484 e. The molecule has 0 aliphatic carbocycles. The monoisotopic (exact) mass is 325 g/mol. The van der Waals surface area contributed by atoms with E-state index in [9.17, 15) is 14.7 Å². The normalized spacial score (nSPS) is 21.2. The van der Waals surface area contributed by atoms with Crippen LogP contribution in [-0.4, -0.2) is 41.6 Å². The lowest BCUT2D eigenvalue weighted by Crippen LogP contribution is -2.41. The summed E-state index contributed by atoms with van der Waals surface area (Å²) in [5.41, 5.74) is -0.855. The zero-order valence-corrected chi connectivity index (χ0v) is 13.5. The minimum atomic E-state index is -0.855. The van der Waals surface area contributed by atoms with Gasteiger partial charge in [0.15, 0.2) is 6.61 Å².